The lowest BCUT2D eigenvalue weighted by atomic mass is 9.90. The average molecular weight is 493 g/mol. The van der Waals surface area contributed by atoms with Crippen molar-refractivity contribution in [1.29, 1.82) is 0 Å². The number of rotatable bonds is 7. The quantitative estimate of drug-likeness (QED) is 0.461. The number of methoxy groups -OCH3 is 2. The highest BCUT2D eigenvalue weighted by Gasteiger charge is 2.35. The van der Waals surface area contributed by atoms with Crippen LogP contribution in [-0.4, -0.2) is 55.0 Å². The van der Waals surface area contributed by atoms with Crippen LogP contribution in [0, 0.1) is 6.92 Å². The largest absolute Gasteiger partial charge is 0.497 e. The van der Waals surface area contributed by atoms with Crippen molar-refractivity contribution in [3.8, 4) is 11.5 Å². The SMILES string of the molecule is COc1cc(OC)cc(C(=O)N(CC(=O)N2CCc3sccc3C2c2ccccc2C)C(C)C)c1. The van der Waals surface area contributed by atoms with Crippen molar-refractivity contribution in [3.63, 3.8) is 0 Å². The monoisotopic (exact) mass is 492 g/mol. The molecule has 2 aromatic carbocycles. The first-order valence-corrected chi connectivity index (χ1v) is 12.7. The van der Waals surface area contributed by atoms with Crippen LogP contribution >= 0.6 is 11.3 Å². The Morgan fingerprint density at radius 2 is 1.74 bits per heavy atom. The summed E-state index contributed by atoms with van der Waals surface area (Å²) < 4.78 is 10.7. The summed E-state index contributed by atoms with van der Waals surface area (Å²) in [6.45, 7) is 6.55. The van der Waals surface area contributed by atoms with E-state index in [1.54, 1.807) is 48.7 Å². The Labute approximate surface area is 211 Å². The standard InChI is InChI=1S/C28H32N2O4S/c1-18(2)30(28(32)20-14-21(33-4)16-22(15-20)34-5)17-26(31)29-12-10-25-24(11-13-35-25)27(29)23-9-7-6-8-19(23)3/h6-9,11,13-16,18,27H,10,12,17H2,1-5H3. The van der Waals surface area contributed by atoms with Gasteiger partial charge in [-0.2, -0.15) is 0 Å². The number of hydrogen-bond donors (Lipinski definition) is 0. The van der Waals surface area contributed by atoms with Crippen molar-refractivity contribution in [3.05, 3.63) is 81.0 Å². The molecule has 1 atom stereocenters. The molecule has 3 aromatic rings. The van der Waals surface area contributed by atoms with Gasteiger partial charge in [-0.25, -0.2) is 0 Å². The molecule has 2 heterocycles. The lowest BCUT2D eigenvalue weighted by molar-refractivity contribution is -0.134. The number of hydrogen-bond acceptors (Lipinski definition) is 5. The number of amides is 2. The van der Waals surface area contributed by atoms with Gasteiger partial charge in [-0.3, -0.25) is 9.59 Å². The second kappa shape index (κ2) is 10.5. The normalized spacial score (nSPS) is 15.0. The van der Waals surface area contributed by atoms with E-state index < -0.39 is 0 Å². The average Bonchev–Trinajstić information content (AvgIpc) is 3.35. The fraction of sp³-hybridized carbons (Fsp3) is 0.357. The Morgan fingerprint density at radius 3 is 2.37 bits per heavy atom. The van der Waals surface area contributed by atoms with Gasteiger partial charge in [-0.1, -0.05) is 24.3 Å². The molecule has 4 rings (SSSR count). The number of thiophene rings is 1. The molecule has 1 aliphatic rings. The van der Waals surface area contributed by atoms with Crippen molar-refractivity contribution in [2.24, 2.45) is 0 Å². The Hall–Kier alpha value is -3.32. The van der Waals surface area contributed by atoms with Crippen LogP contribution in [0.2, 0.25) is 0 Å². The van der Waals surface area contributed by atoms with Crippen molar-refractivity contribution in [2.45, 2.75) is 39.3 Å². The summed E-state index contributed by atoms with van der Waals surface area (Å²) in [6.07, 6.45) is 0.823. The highest BCUT2D eigenvalue weighted by Crippen LogP contribution is 2.39. The van der Waals surface area contributed by atoms with Gasteiger partial charge in [0, 0.05) is 29.1 Å². The second-order valence-electron chi connectivity index (χ2n) is 9.02. The number of carbonyl (C=O) groups excluding carboxylic acids is 2. The van der Waals surface area contributed by atoms with E-state index in [1.165, 1.54) is 10.4 Å². The summed E-state index contributed by atoms with van der Waals surface area (Å²) in [7, 11) is 3.10. The molecular weight excluding hydrogens is 460 g/mol. The molecule has 0 spiro atoms. The van der Waals surface area contributed by atoms with E-state index in [0.717, 1.165) is 17.5 Å². The summed E-state index contributed by atoms with van der Waals surface area (Å²) in [5, 5.41) is 2.10. The summed E-state index contributed by atoms with van der Waals surface area (Å²) in [4.78, 5) is 32.2. The smallest absolute Gasteiger partial charge is 0.254 e. The van der Waals surface area contributed by atoms with Crippen LogP contribution in [0.1, 0.15) is 51.8 Å². The summed E-state index contributed by atoms with van der Waals surface area (Å²) in [6, 6.07) is 15.1. The molecule has 0 aliphatic carbocycles. The van der Waals surface area contributed by atoms with E-state index in [1.807, 2.05) is 30.9 Å². The van der Waals surface area contributed by atoms with E-state index >= 15 is 0 Å². The zero-order valence-corrected chi connectivity index (χ0v) is 21.7. The van der Waals surface area contributed by atoms with Crippen molar-refractivity contribution in [1.82, 2.24) is 9.80 Å². The lowest BCUT2D eigenvalue weighted by Gasteiger charge is -2.38. The predicted octanol–water partition coefficient (Wildman–Crippen LogP) is 5.10. The van der Waals surface area contributed by atoms with Gasteiger partial charge in [0.25, 0.3) is 5.91 Å². The molecule has 35 heavy (non-hydrogen) atoms. The molecule has 0 bridgehead atoms. The number of carbonyl (C=O) groups is 2. The van der Waals surface area contributed by atoms with Crippen LogP contribution in [0.15, 0.2) is 53.9 Å². The maximum Gasteiger partial charge on any atom is 0.254 e. The van der Waals surface area contributed by atoms with Crippen molar-refractivity contribution >= 4 is 23.2 Å². The van der Waals surface area contributed by atoms with E-state index in [-0.39, 0.29) is 30.4 Å². The number of ether oxygens (including phenoxy) is 2. The summed E-state index contributed by atoms with van der Waals surface area (Å²) in [5.41, 5.74) is 3.88. The minimum atomic E-state index is -0.230. The maximum absolute atomic E-state index is 13.8. The van der Waals surface area contributed by atoms with E-state index in [0.29, 0.717) is 23.6 Å². The van der Waals surface area contributed by atoms with Gasteiger partial charge in [0.1, 0.15) is 18.0 Å². The molecule has 1 aromatic heterocycles. The van der Waals surface area contributed by atoms with Gasteiger partial charge in [-0.05, 0) is 67.5 Å². The first-order chi connectivity index (χ1) is 16.8. The Bertz CT molecular complexity index is 1200. The van der Waals surface area contributed by atoms with Gasteiger partial charge in [-0.15, -0.1) is 11.3 Å². The predicted molar refractivity (Wildman–Crippen MR) is 138 cm³/mol. The molecule has 0 radical (unpaired) electrons. The highest BCUT2D eigenvalue weighted by molar-refractivity contribution is 7.10. The van der Waals surface area contributed by atoms with Crippen molar-refractivity contribution in [2.75, 3.05) is 27.3 Å². The van der Waals surface area contributed by atoms with Crippen LogP contribution < -0.4 is 9.47 Å². The van der Waals surface area contributed by atoms with Gasteiger partial charge in [0.2, 0.25) is 5.91 Å². The third-order valence-corrected chi connectivity index (χ3v) is 7.55. The van der Waals surface area contributed by atoms with Crippen molar-refractivity contribution < 1.29 is 19.1 Å². The Kier molecular flexibility index (Phi) is 7.45. The van der Waals surface area contributed by atoms with Crippen LogP contribution in [-0.2, 0) is 11.2 Å². The Morgan fingerprint density at radius 1 is 1.06 bits per heavy atom. The van der Waals surface area contributed by atoms with Gasteiger partial charge in [0.15, 0.2) is 0 Å². The number of fused-ring (bicyclic) bond motifs is 1. The molecule has 0 saturated heterocycles. The number of aryl methyl sites for hydroxylation is 1. The first-order valence-electron chi connectivity index (χ1n) is 11.8. The van der Waals surface area contributed by atoms with Crippen LogP contribution in [0.4, 0.5) is 0 Å². The fourth-order valence-corrected chi connectivity index (χ4v) is 5.54. The molecule has 6 nitrogen and oxygen atoms in total. The molecule has 0 saturated carbocycles. The molecule has 7 heteroatoms. The van der Waals surface area contributed by atoms with E-state index in [2.05, 4.69) is 30.5 Å². The van der Waals surface area contributed by atoms with Gasteiger partial charge in [0.05, 0.1) is 20.3 Å². The molecule has 1 unspecified atom stereocenters. The first kappa shape index (κ1) is 24.8. The Balaban J connectivity index is 1.65. The molecular formula is C28H32N2O4S. The third-order valence-electron chi connectivity index (χ3n) is 6.56. The molecule has 0 N–H and O–H groups in total. The van der Waals surface area contributed by atoms with Gasteiger partial charge < -0.3 is 19.3 Å². The lowest BCUT2D eigenvalue weighted by Crippen LogP contribution is -2.48. The van der Waals surface area contributed by atoms with E-state index in [9.17, 15) is 9.59 Å². The molecule has 0 fully saturated rings. The van der Waals surface area contributed by atoms with Crippen LogP contribution in [0.25, 0.3) is 0 Å². The molecule has 1 aliphatic heterocycles. The fourth-order valence-electron chi connectivity index (χ4n) is 4.64. The van der Waals surface area contributed by atoms with Crippen LogP contribution in [0.3, 0.4) is 0 Å². The summed E-state index contributed by atoms with van der Waals surface area (Å²) >= 11 is 1.75. The summed E-state index contributed by atoms with van der Waals surface area (Å²) in [5.74, 6) is 0.768. The highest BCUT2D eigenvalue weighted by atomic mass is 32.1. The molecule has 184 valence electrons. The van der Waals surface area contributed by atoms with Gasteiger partial charge >= 0.3 is 0 Å². The molecule has 2 amide bonds. The zero-order valence-electron chi connectivity index (χ0n) is 20.9. The minimum absolute atomic E-state index is 0.00211. The minimum Gasteiger partial charge on any atom is -0.497 e. The topological polar surface area (TPSA) is 59.1 Å². The van der Waals surface area contributed by atoms with E-state index in [4.69, 9.17) is 9.47 Å². The number of benzene rings is 2. The third kappa shape index (κ3) is 5.05. The van der Waals surface area contributed by atoms with Crippen LogP contribution in [0.5, 0.6) is 11.5 Å². The maximum atomic E-state index is 13.8. The second-order valence-corrected chi connectivity index (χ2v) is 10.0. The number of nitrogens with zero attached hydrogens (tertiary/aromatic N) is 2. The zero-order chi connectivity index (χ0) is 25.1.